The van der Waals surface area contributed by atoms with Crippen LogP contribution in [-0.4, -0.2) is 23.2 Å². The number of nitrogens with zero attached hydrogens (tertiary/aromatic N) is 4. The van der Waals surface area contributed by atoms with Crippen LogP contribution in [0.3, 0.4) is 0 Å². The fourth-order valence-electron chi connectivity index (χ4n) is 5.84. The first-order valence-corrected chi connectivity index (χ1v) is 12.4. The zero-order valence-corrected chi connectivity index (χ0v) is 20.6. The van der Waals surface area contributed by atoms with Crippen LogP contribution in [0.25, 0.3) is 44.5 Å². The predicted octanol–water partition coefficient (Wildman–Crippen LogP) is 7.70. The number of hydrogen-bond donors (Lipinski definition) is 0. The molecular formula is C32H26N4. The first-order chi connectivity index (χ1) is 17.6. The first kappa shape index (κ1) is 20.9. The molecule has 0 saturated carbocycles. The maximum absolute atomic E-state index is 4.74. The molecule has 0 radical (unpaired) electrons. The van der Waals surface area contributed by atoms with Gasteiger partial charge in [-0.2, -0.15) is 0 Å². The van der Waals surface area contributed by atoms with Crippen LogP contribution in [0, 0.1) is 6.92 Å². The molecule has 7 rings (SSSR count). The lowest BCUT2D eigenvalue weighted by Gasteiger charge is -2.30. The normalized spacial score (nSPS) is 15.2. The maximum atomic E-state index is 4.74. The van der Waals surface area contributed by atoms with Crippen molar-refractivity contribution in [3.8, 4) is 44.5 Å². The van der Waals surface area contributed by atoms with Crippen LogP contribution in [0.15, 0.2) is 97.3 Å². The monoisotopic (exact) mass is 466 g/mol. The van der Waals surface area contributed by atoms with Crippen LogP contribution < -0.4 is 9.80 Å². The number of benzene rings is 4. The van der Waals surface area contributed by atoms with Gasteiger partial charge in [-0.1, -0.05) is 72.8 Å². The zero-order chi connectivity index (χ0) is 24.4. The molecule has 0 bridgehead atoms. The van der Waals surface area contributed by atoms with Gasteiger partial charge in [-0.15, -0.1) is 0 Å². The third kappa shape index (κ3) is 2.88. The molecule has 4 heteroatoms. The van der Waals surface area contributed by atoms with Gasteiger partial charge in [0, 0.05) is 25.1 Å². The summed E-state index contributed by atoms with van der Waals surface area (Å²) in [6.07, 6.45) is 3.66. The molecule has 0 spiro atoms. The number of aryl methyl sites for hydroxylation is 1. The van der Waals surface area contributed by atoms with Crippen molar-refractivity contribution in [2.45, 2.75) is 20.0 Å². The SMILES string of the molecule is Cc1cc2c(cc1N1c3nccnc3N(C)[C@@H]1C)-c1ccccc1-c1ccccc1-c1ccccc1-2. The zero-order valence-electron chi connectivity index (χ0n) is 20.6. The van der Waals surface area contributed by atoms with E-state index in [1.54, 1.807) is 12.4 Å². The molecule has 1 aliphatic heterocycles. The Balaban J connectivity index is 1.56. The van der Waals surface area contributed by atoms with Crippen LogP contribution >= 0.6 is 0 Å². The van der Waals surface area contributed by atoms with E-state index in [4.69, 9.17) is 4.98 Å². The molecule has 0 N–H and O–H groups in total. The molecule has 4 aromatic carbocycles. The minimum atomic E-state index is 0.107. The highest BCUT2D eigenvalue weighted by molar-refractivity contribution is 6.04. The van der Waals surface area contributed by atoms with Crippen molar-refractivity contribution in [3.05, 3.63) is 103 Å². The molecule has 1 aliphatic carbocycles. The van der Waals surface area contributed by atoms with Crippen molar-refractivity contribution < 1.29 is 0 Å². The van der Waals surface area contributed by atoms with Crippen LogP contribution in [-0.2, 0) is 0 Å². The Morgan fingerprint density at radius 2 is 1.00 bits per heavy atom. The van der Waals surface area contributed by atoms with E-state index in [0.29, 0.717) is 0 Å². The Kier molecular flexibility index (Phi) is 4.52. The van der Waals surface area contributed by atoms with E-state index in [9.17, 15) is 0 Å². The van der Waals surface area contributed by atoms with Gasteiger partial charge in [0.05, 0.1) is 0 Å². The number of aromatic nitrogens is 2. The van der Waals surface area contributed by atoms with E-state index in [2.05, 4.69) is 121 Å². The lowest BCUT2D eigenvalue weighted by molar-refractivity contribution is 0.726. The molecule has 5 aromatic rings. The molecular weight excluding hydrogens is 440 g/mol. The molecule has 0 unspecified atom stereocenters. The van der Waals surface area contributed by atoms with E-state index in [-0.39, 0.29) is 6.17 Å². The fraction of sp³-hybridized carbons (Fsp3) is 0.125. The van der Waals surface area contributed by atoms with Crippen molar-refractivity contribution in [2.24, 2.45) is 0 Å². The van der Waals surface area contributed by atoms with Crippen LogP contribution in [0.4, 0.5) is 17.3 Å². The molecule has 4 nitrogen and oxygen atoms in total. The summed E-state index contributed by atoms with van der Waals surface area (Å²) in [4.78, 5) is 13.9. The smallest absolute Gasteiger partial charge is 0.178 e. The van der Waals surface area contributed by atoms with Gasteiger partial charge in [-0.3, -0.25) is 0 Å². The van der Waals surface area contributed by atoms with E-state index in [0.717, 1.165) is 17.3 Å². The third-order valence-electron chi connectivity index (χ3n) is 7.69. The van der Waals surface area contributed by atoms with Crippen molar-refractivity contribution in [1.29, 1.82) is 0 Å². The molecule has 0 saturated heterocycles. The van der Waals surface area contributed by atoms with Gasteiger partial charge in [0.2, 0.25) is 0 Å². The summed E-state index contributed by atoms with van der Waals surface area (Å²) >= 11 is 0. The summed E-state index contributed by atoms with van der Waals surface area (Å²) < 4.78 is 0. The Morgan fingerprint density at radius 3 is 1.50 bits per heavy atom. The van der Waals surface area contributed by atoms with Gasteiger partial charge >= 0.3 is 0 Å². The molecule has 2 aliphatic rings. The lowest BCUT2D eigenvalue weighted by atomic mass is 9.80. The summed E-state index contributed by atoms with van der Waals surface area (Å²) in [6, 6.07) is 31.1. The second-order valence-electron chi connectivity index (χ2n) is 9.64. The Hall–Kier alpha value is -4.44. The molecule has 1 atom stereocenters. The minimum Gasteiger partial charge on any atom is -0.336 e. The molecule has 174 valence electrons. The molecule has 1 aromatic heterocycles. The third-order valence-corrected chi connectivity index (χ3v) is 7.69. The minimum absolute atomic E-state index is 0.107. The highest BCUT2D eigenvalue weighted by atomic mass is 15.5. The predicted molar refractivity (Wildman–Crippen MR) is 149 cm³/mol. The summed E-state index contributed by atoms with van der Waals surface area (Å²) in [7, 11) is 2.09. The Bertz CT molecular complexity index is 1650. The van der Waals surface area contributed by atoms with Crippen LogP contribution in [0.1, 0.15) is 12.5 Å². The van der Waals surface area contributed by atoms with Crippen molar-refractivity contribution >= 4 is 17.3 Å². The number of hydrogen-bond acceptors (Lipinski definition) is 4. The molecule has 0 fully saturated rings. The van der Waals surface area contributed by atoms with Gasteiger partial charge in [-0.25, -0.2) is 9.97 Å². The highest BCUT2D eigenvalue weighted by Gasteiger charge is 2.35. The fourth-order valence-corrected chi connectivity index (χ4v) is 5.84. The quantitative estimate of drug-likeness (QED) is 0.248. The van der Waals surface area contributed by atoms with Crippen molar-refractivity contribution in [1.82, 2.24) is 9.97 Å². The van der Waals surface area contributed by atoms with Crippen LogP contribution in [0.2, 0.25) is 0 Å². The Morgan fingerprint density at radius 1 is 0.583 bits per heavy atom. The number of fused-ring (bicyclic) bond motifs is 9. The lowest BCUT2D eigenvalue weighted by Crippen LogP contribution is -2.36. The van der Waals surface area contributed by atoms with E-state index in [1.807, 2.05) is 0 Å². The van der Waals surface area contributed by atoms with Gasteiger partial charge < -0.3 is 9.80 Å². The van der Waals surface area contributed by atoms with E-state index < -0.39 is 0 Å². The molecule has 0 amide bonds. The summed E-state index contributed by atoms with van der Waals surface area (Å²) in [5.74, 6) is 1.82. The van der Waals surface area contributed by atoms with Gasteiger partial charge in [0.1, 0.15) is 6.17 Å². The average Bonchev–Trinajstić information content (AvgIpc) is 3.17. The molecule has 2 heterocycles. The number of rotatable bonds is 1. The van der Waals surface area contributed by atoms with E-state index in [1.165, 1.54) is 50.1 Å². The summed E-state index contributed by atoms with van der Waals surface area (Å²) in [6.45, 7) is 4.41. The van der Waals surface area contributed by atoms with Gasteiger partial charge in [0.15, 0.2) is 11.6 Å². The second-order valence-corrected chi connectivity index (χ2v) is 9.64. The van der Waals surface area contributed by atoms with Crippen LogP contribution in [0.5, 0.6) is 0 Å². The highest BCUT2D eigenvalue weighted by Crippen LogP contribution is 2.50. The summed E-state index contributed by atoms with van der Waals surface area (Å²) in [5, 5.41) is 0. The summed E-state index contributed by atoms with van der Waals surface area (Å²) in [5.41, 5.74) is 12.4. The van der Waals surface area contributed by atoms with Crippen molar-refractivity contribution in [3.63, 3.8) is 0 Å². The topological polar surface area (TPSA) is 32.3 Å². The first-order valence-electron chi connectivity index (χ1n) is 12.4. The molecule has 36 heavy (non-hydrogen) atoms. The van der Waals surface area contributed by atoms with E-state index >= 15 is 0 Å². The maximum Gasteiger partial charge on any atom is 0.178 e. The standard InChI is InChI=1S/C32H26N4/c1-20-18-28-26-14-8-6-12-24(26)22-10-4-5-11-23(22)25-13-7-9-15-27(25)29(28)19-30(20)36-21(2)35(3)31-32(36)34-17-16-33-31/h4-19,21H,1-3H3/t21-/m0/s1. The van der Waals surface area contributed by atoms with Gasteiger partial charge in [-0.05, 0) is 76.1 Å². The van der Waals surface area contributed by atoms with Gasteiger partial charge in [0.25, 0.3) is 0 Å². The Labute approximate surface area is 211 Å². The number of anilines is 3. The second kappa shape index (κ2) is 7.79. The van der Waals surface area contributed by atoms with Crippen molar-refractivity contribution in [2.75, 3.05) is 16.8 Å². The largest absolute Gasteiger partial charge is 0.336 e. The average molecular weight is 467 g/mol.